The zero-order valence-electron chi connectivity index (χ0n) is 9.83. The Hall–Kier alpha value is -0.550. The van der Waals surface area contributed by atoms with E-state index in [-0.39, 0.29) is 4.75 Å². The molecule has 0 aromatic carbocycles. The molecule has 0 atom stereocenters. The van der Waals surface area contributed by atoms with Crippen molar-refractivity contribution in [2.24, 2.45) is 0 Å². The molecule has 4 nitrogen and oxygen atoms in total. The van der Waals surface area contributed by atoms with Gasteiger partial charge in [0.15, 0.2) is 5.82 Å². The molecule has 0 radical (unpaired) electrons. The summed E-state index contributed by atoms with van der Waals surface area (Å²) in [7, 11) is 0. The maximum absolute atomic E-state index is 5.09. The van der Waals surface area contributed by atoms with Gasteiger partial charge in [-0.2, -0.15) is 4.98 Å². The van der Waals surface area contributed by atoms with E-state index in [0.29, 0.717) is 12.4 Å². The number of nitrogens with zero attached hydrogens (tertiary/aromatic N) is 2. The number of nitrogens with one attached hydrogen (secondary N) is 1. The van der Waals surface area contributed by atoms with Gasteiger partial charge < -0.3 is 9.84 Å². The van der Waals surface area contributed by atoms with Gasteiger partial charge in [-0.1, -0.05) is 32.9 Å². The molecule has 0 saturated heterocycles. The Morgan fingerprint density at radius 1 is 1.40 bits per heavy atom. The van der Waals surface area contributed by atoms with Crippen molar-refractivity contribution in [3.8, 4) is 0 Å². The summed E-state index contributed by atoms with van der Waals surface area (Å²) in [6.07, 6.45) is 0. The van der Waals surface area contributed by atoms with Crippen molar-refractivity contribution in [1.29, 1.82) is 0 Å². The molecule has 0 aliphatic heterocycles. The van der Waals surface area contributed by atoms with E-state index in [1.54, 1.807) is 0 Å². The van der Waals surface area contributed by atoms with E-state index >= 15 is 0 Å². The van der Waals surface area contributed by atoms with E-state index in [2.05, 4.69) is 36.2 Å². The average molecular weight is 229 g/mol. The maximum Gasteiger partial charge on any atom is 0.240 e. The minimum Gasteiger partial charge on any atom is -0.338 e. The summed E-state index contributed by atoms with van der Waals surface area (Å²) in [5.74, 6) is 2.25. The Kier molecular flexibility index (Phi) is 4.60. The highest BCUT2D eigenvalue weighted by molar-refractivity contribution is 7.99. The van der Waals surface area contributed by atoms with Gasteiger partial charge in [0, 0.05) is 4.75 Å². The van der Waals surface area contributed by atoms with Gasteiger partial charge in [-0.15, -0.1) is 11.8 Å². The molecule has 1 heterocycles. The molecule has 0 fully saturated rings. The van der Waals surface area contributed by atoms with Crippen molar-refractivity contribution < 1.29 is 4.52 Å². The molecule has 15 heavy (non-hydrogen) atoms. The van der Waals surface area contributed by atoms with Gasteiger partial charge in [-0.05, 0) is 6.54 Å². The van der Waals surface area contributed by atoms with Crippen LogP contribution in [0.3, 0.4) is 0 Å². The van der Waals surface area contributed by atoms with E-state index in [1.165, 1.54) is 0 Å². The first-order chi connectivity index (χ1) is 7.01. The van der Waals surface area contributed by atoms with Gasteiger partial charge in [0.1, 0.15) is 0 Å². The van der Waals surface area contributed by atoms with Crippen molar-refractivity contribution in [3.63, 3.8) is 0 Å². The Labute approximate surface area is 95.2 Å². The van der Waals surface area contributed by atoms with Crippen molar-refractivity contribution in [3.05, 3.63) is 11.7 Å². The number of hydrogen-bond acceptors (Lipinski definition) is 5. The number of thioether (sulfide) groups is 1. The Bertz CT molecular complexity index is 293. The molecule has 0 aliphatic rings. The van der Waals surface area contributed by atoms with Crippen LogP contribution in [0.1, 0.15) is 39.4 Å². The molecule has 5 heteroatoms. The van der Waals surface area contributed by atoms with Crippen molar-refractivity contribution >= 4 is 11.8 Å². The molecule has 1 rings (SSSR count). The predicted octanol–water partition coefficient (Wildman–Crippen LogP) is 2.21. The topological polar surface area (TPSA) is 51.0 Å². The molecule has 1 aromatic rings. The highest BCUT2D eigenvalue weighted by Gasteiger charge is 2.13. The van der Waals surface area contributed by atoms with Crippen molar-refractivity contribution in [2.45, 2.75) is 44.7 Å². The van der Waals surface area contributed by atoms with Gasteiger partial charge in [-0.25, -0.2) is 0 Å². The summed E-state index contributed by atoms with van der Waals surface area (Å²) in [5.41, 5.74) is 0. The lowest BCUT2D eigenvalue weighted by molar-refractivity contribution is 0.365. The second-order valence-corrected chi connectivity index (χ2v) is 6.09. The lowest BCUT2D eigenvalue weighted by atomic mass is 10.3. The SMILES string of the molecule is CCNCc1nc(CSC(C)(C)C)no1. The summed E-state index contributed by atoms with van der Waals surface area (Å²) >= 11 is 1.82. The smallest absolute Gasteiger partial charge is 0.240 e. The van der Waals surface area contributed by atoms with Crippen LogP contribution >= 0.6 is 11.8 Å². The molecule has 0 aliphatic carbocycles. The maximum atomic E-state index is 5.09. The molecule has 1 N–H and O–H groups in total. The van der Waals surface area contributed by atoms with E-state index in [1.807, 2.05) is 18.7 Å². The van der Waals surface area contributed by atoms with Gasteiger partial charge >= 0.3 is 0 Å². The van der Waals surface area contributed by atoms with Crippen LogP contribution in [0.2, 0.25) is 0 Å². The van der Waals surface area contributed by atoms with Crippen LogP contribution in [0.15, 0.2) is 4.52 Å². The lowest BCUT2D eigenvalue weighted by Gasteiger charge is -2.15. The molecule has 0 amide bonds. The fourth-order valence-corrected chi connectivity index (χ4v) is 1.61. The zero-order valence-corrected chi connectivity index (χ0v) is 10.6. The summed E-state index contributed by atoms with van der Waals surface area (Å²) < 4.78 is 5.33. The van der Waals surface area contributed by atoms with Crippen LogP contribution in [-0.2, 0) is 12.3 Å². The highest BCUT2D eigenvalue weighted by Crippen LogP contribution is 2.25. The van der Waals surface area contributed by atoms with Gasteiger partial charge in [0.2, 0.25) is 5.89 Å². The van der Waals surface area contributed by atoms with Crippen molar-refractivity contribution in [1.82, 2.24) is 15.5 Å². The third-order valence-corrected chi connectivity index (χ3v) is 2.94. The van der Waals surface area contributed by atoms with E-state index < -0.39 is 0 Å². The van der Waals surface area contributed by atoms with E-state index in [4.69, 9.17) is 4.52 Å². The van der Waals surface area contributed by atoms with Crippen LogP contribution in [0.4, 0.5) is 0 Å². The first-order valence-electron chi connectivity index (χ1n) is 5.17. The third-order valence-electron chi connectivity index (χ3n) is 1.67. The highest BCUT2D eigenvalue weighted by atomic mass is 32.2. The van der Waals surface area contributed by atoms with Crippen LogP contribution in [0.5, 0.6) is 0 Å². The quantitative estimate of drug-likeness (QED) is 0.839. The minimum absolute atomic E-state index is 0.239. The third kappa shape index (κ3) is 5.18. The zero-order chi connectivity index (χ0) is 11.3. The number of hydrogen-bond donors (Lipinski definition) is 1. The molecule has 0 spiro atoms. The van der Waals surface area contributed by atoms with Gasteiger partial charge in [0.25, 0.3) is 0 Å². The second-order valence-electron chi connectivity index (χ2n) is 4.29. The first-order valence-corrected chi connectivity index (χ1v) is 6.16. The summed E-state index contributed by atoms with van der Waals surface area (Å²) in [6.45, 7) is 10.1. The largest absolute Gasteiger partial charge is 0.338 e. The van der Waals surface area contributed by atoms with Crippen molar-refractivity contribution in [2.75, 3.05) is 6.54 Å². The Morgan fingerprint density at radius 3 is 2.73 bits per heavy atom. The van der Waals surface area contributed by atoms with Crippen LogP contribution < -0.4 is 5.32 Å². The second kappa shape index (κ2) is 5.51. The lowest BCUT2D eigenvalue weighted by Crippen LogP contribution is -2.12. The summed E-state index contributed by atoms with van der Waals surface area (Å²) in [5, 5.41) is 7.07. The number of rotatable bonds is 5. The molecule has 1 aromatic heterocycles. The average Bonchev–Trinajstić information content (AvgIpc) is 2.58. The Morgan fingerprint density at radius 2 is 2.13 bits per heavy atom. The van der Waals surface area contributed by atoms with Crippen LogP contribution in [0.25, 0.3) is 0 Å². The standard InChI is InChI=1S/C10H19N3OS/c1-5-11-6-9-12-8(13-14-9)7-15-10(2,3)4/h11H,5-7H2,1-4H3. The molecule has 86 valence electrons. The van der Waals surface area contributed by atoms with Gasteiger partial charge in [0.05, 0.1) is 12.3 Å². The molecular formula is C10H19N3OS. The minimum atomic E-state index is 0.239. The fourth-order valence-electron chi connectivity index (χ4n) is 0.934. The van der Waals surface area contributed by atoms with E-state index in [0.717, 1.165) is 18.1 Å². The predicted molar refractivity (Wildman–Crippen MR) is 62.7 cm³/mol. The van der Waals surface area contributed by atoms with E-state index in [9.17, 15) is 0 Å². The van der Waals surface area contributed by atoms with Crippen LogP contribution in [-0.4, -0.2) is 21.4 Å². The number of aromatic nitrogens is 2. The molecule has 0 saturated carbocycles. The normalized spacial score (nSPS) is 12.0. The van der Waals surface area contributed by atoms with Gasteiger partial charge in [-0.3, -0.25) is 0 Å². The monoisotopic (exact) mass is 229 g/mol. The first kappa shape index (κ1) is 12.5. The molecular weight excluding hydrogens is 210 g/mol. The van der Waals surface area contributed by atoms with Crippen LogP contribution in [0, 0.1) is 0 Å². The molecule has 0 unspecified atom stereocenters. The molecule has 0 bridgehead atoms. The Balaban J connectivity index is 2.39. The summed E-state index contributed by atoms with van der Waals surface area (Å²) in [4.78, 5) is 4.29. The fraction of sp³-hybridized carbons (Fsp3) is 0.800. The summed E-state index contributed by atoms with van der Waals surface area (Å²) in [6, 6.07) is 0.